The second-order valence-corrected chi connectivity index (χ2v) is 3.91. The number of hydrogen-bond donors (Lipinski definition) is 3. The molecule has 1 rings (SSSR count). The molecule has 0 fully saturated rings. The van der Waals surface area contributed by atoms with Crippen LogP contribution in [0.15, 0.2) is 18.2 Å². The molecule has 0 saturated heterocycles. The van der Waals surface area contributed by atoms with Crippen molar-refractivity contribution in [3.63, 3.8) is 0 Å². The van der Waals surface area contributed by atoms with Crippen LogP contribution < -0.4 is 11.1 Å². The van der Waals surface area contributed by atoms with Gasteiger partial charge in [0.2, 0.25) is 0 Å². The van der Waals surface area contributed by atoms with Crippen molar-refractivity contribution >= 4 is 17.6 Å². The average molecular weight is 270 g/mol. The maximum atomic E-state index is 13.4. The number of urea groups is 1. The zero-order valence-electron chi connectivity index (χ0n) is 10.5. The Bertz CT molecular complexity index is 479. The van der Waals surface area contributed by atoms with Crippen LogP contribution in [0.4, 0.5) is 19.3 Å². The predicted octanol–water partition coefficient (Wildman–Crippen LogP) is 2.14. The first-order valence-electron chi connectivity index (χ1n) is 5.78. The van der Waals surface area contributed by atoms with Crippen molar-refractivity contribution in [3.05, 3.63) is 29.8 Å². The summed E-state index contributed by atoms with van der Waals surface area (Å²) in [6, 6.07) is 2.39. The Balaban J connectivity index is 2.68. The summed E-state index contributed by atoms with van der Waals surface area (Å²) >= 11 is 0. The Morgan fingerprint density at radius 2 is 2.16 bits per heavy atom. The number of anilines is 1. The number of carbonyl (C=O) groups excluding carboxylic acids is 1. The molecule has 0 aliphatic carbocycles. The van der Waals surface area contributed by atoms with E-state index in [2.05, 4.69) is 5.32 Å². The maximum Gasteiger partial charge on any atom is 0.321 e. The van der Waals surface area contributed by atoms with Crippen molar-refractivity contribution in [1.29, 1.82) is 5.41 Å². The number of nitrogens with two attached hydrogens (primary N) is 1. The molecule has 0 aliphatic heterocycles. The number of rotatable bonds is 5. The monoisotopic (exact) mass is 270 g/mol. The zero-order valence-corrected chi connectivity index (χ0v) is 10.5. The van der Waals surface area contributed by atoms with Crippen LogP contribution in [0, 0.1) is 17.0 Å². The standard InChI is InChI=1S/C12H16F2N4O/c1-2-18(6-5-11(15)16)12(19)17-10-4-3-8(13)7-9(10)14/h3-4,7H,2,5-6H2,1H3,(H3,15,16)(H,17,19). The number of benzene rings is 1. The van der Waals surface area contributed by atoms with Crippen molar-refractivity contribution < 1.29 is 13.6 Å². The molecule has 7 heteroatoms. The van der Waals surface area contributed by atoms with E-state index < -0.39 is 17.7 Å². The van der Waals surface area contributed by atoms with Gasteiger partial charge in [-0.25, -0.2) is 13.6 Å². The van der Waals surface area contributed by atoms with Crippen LogP contribution in [0.2, 0.25) is 0 Å². The fraction of sp³-hybridized carbons (Fsp3) is 0.333. The molecule has 2 amide bonds. The molecule has 0 atom stereocenters. The van der Waals surface area contributed by atoms with E-state index in [1.807, 2.05) is 0 Å². The van der Waals surface area contributed by atoms with E-state index in [0.717, 1.165) is 12.1 Å². The van der Waals surface area contributed by atoms with Crippen LogP contribution in [-0.2, 0) is 0 Å². The van der Waals surface area contributed by atoms with E-state index in [1.54, 1.807) is 6.92 Å². The minimum absolute atomic E-state index is 0.0285. The highest BCUT2D eigenvalue weighted by Crippen LogP contribution is 2.15. The first-order valence-corrected chi connectivity index (χ1v) is 5.78. The summed E-state index contributed by atoms with van der Waals surface area (Å²) in [5.74, 6) is -1.57. The van der Waals surface area contributed by atoms with Gasteiger partial charge in [0, 0.05) is 25.6 Å². The zero-order chi connectivity index (χ0) is 14.4. The lowest BCUT2D eigenvalue weighted by atomic mass is 10.3. The van der Waals surface area contributed by atoms with Crippen molar-refractivity contribution in [2.75, 3.05) is 18.4 Å². The molecule has 0 radical (unpaired) electrons. The van der Waals surface area contributed by atoms with Gasteiger partial charge in [0.05, 0.1) is 11.5 Å². The first kappa shape index (κ1) is 14.9. The Labute approximate surface area is 109 Å². The highest BCUT2D eigenvalue weighted by atomic mass is 19.1. The van der Waals surface area contributed by atoms with Crippen LogP contribution in [0.25, 0.3) is 0 Å². The largest absolute Gasteiger partial charge is 0.388 e. The second-order valence-electron chi connectivity index (χ2n) is 3.91. The van der Waals surface area contributed by atoms with E-state index >= 15 is 0 Å². The van der Waals surface area contributed by atoms with Gasteiger partial charge >= 0.3 is 6.03 Å². The molecular weight excluding hydrogens is 254 g/mol. The van der Waals surface area contributed by atoms with Gasteiger partial charge in [-0.15, -0.1) is 0 Å². The molecule has 5 nitrogen and oxygen atoms in total. The van der Waals surface area contributed by atoms with Crippen molar-refractivity contribution in [2.45, 2.75) is 13.3 Å². The highest BCUT2D eigenvalue weighted by Gasteiger charge is 2.14. The van der Waals surface area contributed by atoms with E-state index in [1.165, 1.54) is 4.90 Å². The highest BCUT2D eigenvalue weighted by molar-refractivity contribution is 5.89. The summed E-state index contributed by atoms with van der Waals surface area (Å²) < 4.78 is 26.1. The van der Waals surface area contributed by atoms with Crippen LogP contribution in [-0.4, -0.2) is 29.9 Å². The van der Waals surface area contributed by atoms with Crippen molar-refractivity contribution in [3.8, 4) is 0 Å². The van der Waals surface area contributed by atoms with Gasteiger partial charge in [-0.05, 0) is 19.1 Å². The maximum absolute atomic E-state index is 13.4. The van der Waals surface area contributed by atoms with Crippen molar-refractivity contribution in [2.24, 2.45) is 5.73 Å². The number of hydrogen-bond acceptors (Lipinski definition) is 2. The molecule has 1 aromatic carbocycles. The first-order chi connectivity index (χ1) is 8.93. The van der Waals surface area contributed by atoms with Gasteiger partial charge in [0.15, 0.2) is 0 Å². The summed E-state index contributed by atoms with van der Waals surface area (Å²) in [7, 11) is 0. The van der Waals surface area contributed by atoms with E-state index in [0.29, 0.717) is 12.6 Å². The lowest BCUT2D eigenvalue weighted by Crippen LogP contribution is -2.37. The fourth-order valence-electron chi connectivity index (χ4n) is 1.44. The van der Waals surface area contributed by atoms with Gasteiger partial charge in [-0.2, -0.15) is 0 Å². The lowest BCUT2D eigenvalue weighted by Gasteiger charge is -2.21. The molecule has 0 saturated carbocycles. The van der Waals surface area contributed by atoms with Gasteiger partial charge in [0.1, 0.15) is 11.6 Å². The van der Waals surface area contributed by atoms with E-state index in [4.69, 9.17) is 11.1 Å². The molecular formula is C12H16F2N4O. The molecule has 0 unspecified atom stereocenters. The third kappa shape index (κ3) is 4.53. The summed E-state index contributed by atoms with van der Waals surface area (Å²) in [6.07, 6.45) is 0.243. The average Bonchev–Trinajstić information content (AvgIpc) is 2.33. The molecule has 104 valence electrons. The van der Waals surface area contributed by atoms with Gasteiger partial charge in [0.25, 0.3) is 0 Å². The summed E-state index contributed by atoms with van der Waals surface area (Å²) in [6.45, 7) is 2.41. The molecule has 1 aromatic rings. The number of carbonyl (C=O) groups is 1. The molecule has 0 bridgehead atoms. The number of amides is 2. The number of halogens is 2. The Kier molecular flexibility index (Phi) is 5.23. The minimum atomic E-state index is -0.837. The van der Waals surface area contributed by atoms with Crippen LogP contribution >= 0.6 is 0 Å². The molecule has 19 heavy (non-hydrogen) atoms. The Morgan fingerprint density at radius 1 is 1.47 bits per heavy atom. The normalized spacial score (nSPS) is 10.1. The topological polar surface area (TPSA) is 82.2 Å². The van der Waals surface area contributed by atoms with Gasteiger partial charge < -0.3 is 16.0 Å². The molecule has 0 spiro atoms. The quantitative estimate of drug-likeness (QED) is 0.566. The minimum Gasteiger partial charge on any atom is -0.388 e. The molecule has 0 heterocycles. The van der Waals surface area contributed by atoms with Crippen LogP contribution in [0.5, 0.6) is 0 Å². The smallest absolute Gasteiger partial charge is 0.321 e. The van der Waals surface area contributed by atoms with Gasteiger partial charge in [-0.3, -0.25) is 5.41 Å². The third-order valence-electron chi connectivity index (χ3n) is 2.49. The van der Waals surface area contributed by atoms with Crippen LogP contribution in [0.3, 0.4) is 0 Å². The fourth-order valence-corrected chi connectivity index (χ4v) is 1.44. The third-order valence-corrected chi connectivity index (χ3v) is 2.49. The van der Waals surface area contributed by atoms with E-state index in [9.17, 15) is 13.6 Å². The number of nitrogens with zero attached hydrogens (tertiary/aromatic N) is 1. The Hall–Kier alpha value is -2.18. The summed E-state index contributed by atoms with van der Waals surface area (Å²) in [5.41, 5.74) is 5.12. The SMILES string of the molecule is CCN(CCC(=N)N)C(=O)Nc1ccc(F)cc1F. The number of amidine groups is 1. The lowest BCUT2D eigenvalue weighted by molar-refractivity contribution is 0.215. The van der Waals surface area contributed by atoms with Gasteiger partial charge in [-0.1, -0.05) is 0 Å². The van der Waals surface area contributed by atoms with E-state index in [-0.39, 0.29) is 24.5 Å². The predicted molar refractivity (Wildman–Crippen MR) is 69.2 cm³/mol. The molecule has 0 aliphatic rings. The molecule has 0 aromatic heterocycles. The second kappa shape index (κ2) is 6.67. The summed E-state index contributed by atoms with van der Waals surface area (Å²) in [5, 5.41) is 9.45. The Morgan fingerprint density at radius 3 is 2.68 bits per heavy atom. The molecule has 4 N–H and O–H groups in total. The number of nitrogens with one attached hydrogen (secondary N) is 2. The van der Waals surface area contributed by atoms with Crippen molar-refractivity contribution in [1.82, 2.24) is 4.90 Å². The summed E-state index contributed by atoms with van der Waals surface area (Å²) in [4.78, 5) is 13.2. The van der Waals surface area contributed by atoms with Crippen LogP contribution in [0.1, 0.15) is 13.3 Å².